The second-order valence-corrected chi connectivity index (χ2v) is 4.67. The summed E-state index contributed by atoms with van der Waals surface area (Å²) in [5, 5.41) is 0.529. The first-order valence-electron chi connectivity index (χ1n) is 6.20. The number of halogens is 1. The fourth-order valence-electron chi connectivity index (χ4n) is 1.66. The van der Waals surface area contributed by atoms with Crippen molar-refractivity contribution in [2.75, 3.05) is 13.7 Å². The Balaban J connectivity index is 1.93. The Kier molecular flexibility index (Phi) is 4.95. The Labute approximate surface area is 127 Å². The minimum absolute atomic E-state index is 0.278. The van der Waals surface area contributed by atoms with Crippen molar-refractivity contribution in [2.24, 2.45) is 0 Å². The highest BCUT2D eigenvalue weighted by molar-refractivity contribution is 6.30. The number of Topliss-reactive ketones (excluding diaryl/α,β-unsaturated/α-hetero) is 1. The first-order valence-corrected chi connectivity index (χ1v) is 6.58. The molecule has 0 heterocycles. The number of ether oxygens (including phenoxy) is 2. The fourth-order valence-corrected chi connectivity index (χ4v) is 1.79. The van der Waals surface area contributed by atoms with E-state index in [1.165, 1.54) is 0 Å². The molecule has 0 saturated carbocycles. The lowest BCUT2D eigenvalue weighted by atomic mass is 10.1. The summed E-state index contributed by atoms with van der Waals surface area (Å²) in [6, 6.07) is 12.9. The molecule has 0 spiro atoms. The van der Waals surface area contributed by atoms with Gasteiger partial charge in [0.2, 0.25) is 0 Å². The Morgan fingerprint density at radius 2 is 1.52 bits per heavy atom. The van der Waals surface area contributed by atoms with Crippen LogP contribution in [-0.2, 0) is 4.74 Å². The van der Waals surface area contributed by atoms with Gasteiger partial charge < -0.3 is 9.47 Å². The van der Waals surface area contributed by atoms with Crippen molar-refractivity contribution in [1.82, 2.24) is 0 Å². The van der Waals surface area contributed by atoms with E-state index in [4.69, 9.17) is 21.1 Å². The van der Waals surface area contributed by atoms with Crippen LogP contribution in [0.3, 0.4) is 0 Å². The summed E-state index contributed by atoms with van der Waals surface area (Å²) < 4.78 is 9.99. The zero-order valence-electron chi connectivity index (χ0n) is 11.3. The minimum Gasteiger partial charge on any atom is -0.497 e. The number of esters is 1. The molecule has 0 saturated heterocycles. The predicted molar refractivity (Wildman–Crippen MR) is 79.1 cm³/mol. The van der Waals surface area contributed by atoms with Gasteiger partial charge in [-0.05, 0) is 48.5 Å². The molecule has 0 aromatic heterocycles. The Hall–Kier alpha value is -2.33. The van der Waals surface area contributed by atoms with Gasteiger partial charge in [-0.1, -0.05) is 11.6 Å². The molecule has 2 rings (SSSR count). The van der Waals surface area contributed by atoms with Crippen LogP contribution < -0.4 is 4.74 Å². The van der Waals surface area contributed by atoms with Gasteiger partial charge in [0.05, 0.1) is 12.7 Å². The highest BCUT2D eigenvalue weighted by atomic mass is 35.5. The van der Waals surface area contributed by atoms with Gasteiger partial charge in [0.1, 0.15) is 5.75 Å². The average molecular weight is 305 g/mol. The molecule has 0 unspecified atom stereocenters. The number of hydrogen-bond acceptors (Lipinski definition) is 4. The van der Waals surface area contributed by atoms with Crippen LogP contribution in [0.15, 0.2) is 48.5 Å². The van der Waals surface area contributed by atoms with E-state index < -0.39 is 5.97 Å². The van der Waals surface area contributed by atoms with Crippen molar-refractivity contribution in [1.29, 1.82) is 0 Å². The van der Waals surface area contributed by atoms with Crippen LogP contribution in [0.1, 0.15) is 20.7 Å². The van der Waals surface area contributed by atoms with E-state index in [0.29, 0.717) is 21.9 Å². The van der Waals surface area contributed by atoms with Crippen LogP contribution in [0.5, 0.6) is 5.75 Å². The molecule has 2 aromatic carbocycles. The number of methoxy groups -OCH3 is 1. The number of carbonyl (C=O) groups excluding carboxylic acids is 2. The SMILES string of the molecule is COc1ccc(C(=O)COC(=O)c2ccc(Cl)cc2)cc1. The maximum absolute atomic E-state index is 11.9. The maximum Gasteiger partial charge on any atom is 0.338 e. The lowest BCUT2D eigenvalue weighted by Gasteiger charge is -2.05. The molecule has 0 aliphatic rings. The van der Waals surface area contributed by atoms with Gasteiger partial charge in [0.25, 0.3) is 0 Å². The van der Waals surface area contributed by atoms with E-state index in [2.05, 4.69) is 0 Å². The highest BCUT2D eigenvalue weighted by Crippen LogP contribution is 2.13. The summed E-state index contributed by atoms with van der Waals surface area (Å²) in [4.78, 5) is 23.6. The maximum atomic E-state index is 11.9. The van der Waals surface area contributed by atoms with Gasteiger partial charge >= 0.3 is 5.97 Å². The highest BCUT2D eigenvalue weighted by Gasteiger charge is 2.11. The lowest BCUT2D eigenvalue weighted by molar-refractivity contribution is 0.0475. The fraction of sp³-hybridized carbons (Fsp3) is 0.125. The summed E-state index contributed by atoms with van der Waals surface area (Å²) in [6.45, 7) is -0.312. The molecule has 0 atom stereocenters. The molecule has 0 aliphatic heterocycles. The third-order valence-electron chi connectivity index (χ3n) is 2.83. The minimum atomic E-state index is -0.562. The number of rotatable bonds is 5. The number of ketones is 1. The van der Waals surface area contributed by atoms with Gasteiger partial charge in [0.15, 0.2) is 12.4 Å². The standard InChI is InChI=1S/C16H13ClO4/c1-20-14-8-4-11(5-9-14)15(18)10-21-16(19)12-2-6-13(17)7-3-12/h2-9H,10H2,1H3. The summed E-state index contributed by atoms with van der Waals surface area (Å²) in [7, 11) is 1.55. The van der Waals surface area contributed by atoms with E-state index in [-0.39, 0.29) is 12.4 Å². The number of carbonyl (C=O) groups is 2. The Morgan fingerprint density at radius 1 is 0.952 bits per heavy atom. The average Bonchev–Trinajstić information content (AvgIpc) is 2.53. The third-order valence-corrected chi connectivity index (χ3v) is 3.08. The first-order chi connectivity index (χ1) is 10.1. The van der Waals surface area contributed by atoms with Gasteiger partial charge in [-0.25, -0.2) is 4.79 Å². The predicted octanol–water partition coefficient (Wildman–Crippen LogP) is 3.39. The van der Waals surface area contributed by atoms with Crippen LogP contribution in [-0.4, -0.2) is 25.5 Å². The molecule has 4 nitrogen and oxygen atoms in total. The van der Waals surface area contributed by atoms with Crippen molar-refractivity contribution in [2.45, 2.75) is 0 Å². The topological polar surface area (TPSA) is 52.6 Å². The van der Waals surface area contributed by atoms with Gasteiger partial charge in [-0.2, -0.15) is 0 Å². The second kappa shape index (κ2) is 6.90. The molecule has 0 bridgehead atoms. The lowest BCUT2D eigenvalue weighted by Crippen LogP contribution is -2.14. The van der Waals surface area contributed by atoms with Crippen LogP contribution in [0.2, 0.25) is 5.02 Å². The molecule has 0 fully saturated rings. The number of hydrogen-bond donors (Lipinski definition) is 0. The summed E-state index contributed by atoms with van der Waals surface area (Å²) in [6.07, 6.45) is 0. The summed E-state index contributed by atoms with van der Waals surface area (Å²) in [5.41, 5.74) is 0.807. The van der Waals surface area contributed by atoms with E-state index in [1.54, 1.807) is 55.6 Å². The van der Waals surface area contributed by atoms with E-state index in [0.717, 1.165) is 0 Å². The monoisotopic (exact) mass is 304 g/mol. The van der Waals surface area contributed by atoms with Crippen LogP contribution in [0, 0.1) is 0 Å². The molecule has 0 amide bonds. The molecular formula is C16H13ClO4. The smallest absolute Gasteiger partial charge is 0.338 e. The summed E-state index contributed by atoms with van der Waals surface area (Å²) in [5.74, 6) is -0.182. The Bertz CT molecular complexity index is 632. The van der Waals surface area contributed by atoms with E-state index >= 15 is 0 Å². The van der Waals surface area contributed by atoms with Crippen molar-refractivity contribution >= 4 is 23.4 Å². The zero-order valence-corrected chi connectivity index (χ0v) is 12.1. The van der Waals surface area contributed by atoms with Gasteiger partial charge in [-0.3, -0.25) is 4.79 Å². The zero-order chi connectivity index (χ0) is 15.2. The Morgan fingerprint density at radius 3 is 2.10 bits per heavy atom. The van der Waals surface area contributed by atoms with Crippen molar-refractivity contribution in [3.05, 3.63) is 64.7 Å². The third kappa shape index (κ3) is 4.07. The molecule has 0 N–H and O–H groups in total. The van der Waals surface area contributed by atoms with Gasteiger partial charge in [0, 0.05) is 10.6 Å². The molecule has 108 valence electrons. The summed E-state index contributed by atoms with van der Waals surface area (Å²) >= 11 is 5.73. The molecule has 2 aromatic rings. The molecule has 21 heavy (non-hydrogen) atoms. The second-order valence-electron chi connectivity index (χ2n) is 4.23. The molecule has 0 aliphatic carbocycles. The largest absolute Gasteiger partial charge is 0.497 e. The number of benzene rings is 2. The van der Waals surface area contributed by atoms with Crippen LogP contribution in [0.4, 0.5) is 0 Å². The molecule has 0 radical (unpaired) electrons. The van der Waals surface area contributed by atoms with Crippen molar-refractivity contribution < 1.29 is 19.1 Å². The van der Waals surface area contributed by atoms with Crippen molar-refractivity contribution in [3.8, 4) is 5.75 Å². The van der Waals surface area contributed by atoms with E-state index in [1.807, 2.05) is 0 Å². The first kappa shape index (κ1) is 15.1. The molecular weight excluding hydrogens is 292 g/mol. The van der Waals surface area contributed by atoms with Crippen LogP contribution >= 0.6 is 11.6 Å². The molecule has 5 heteroatoms. The van der Waals surface area contributed by atoms with Crippen molar-refractivity contribution in [3.63, 3.8) is 0 Å². The normalized spacial score (nSPS) is 10.0. The van der Waals surface area contributed by atoms with Crippen LogP contribution in [0.25, 0.3) is 0 Å². The van der Waals surface area contributed by atoms with E-state index in [9.17, 15) is 9.59 Å². The quantitative estimate of drug-likeness (QED) is 0.627. The van der Waals surface area contributed by atoms with Gasteiger partial charge in [-0.15, -0.1) is 0 Å².